The molecule has 5 atom stereocenters. The van der Waals surface area contributed by atoms with Gasteiger partial charge in [-0.15, -0.1) is 0 Å². The van der Waals surface area contributed by atoms with Gasteiger partial charge < -0.3 is 34.4 Å². The largest absolute Gasteiger partial charge is 1.00 e. The molecule has 4 rings (SSSR count). The van der Waals surface area contributed by atoms with E-state index >= 15 is 0 Å². The van der Waals surface area contributed by atoms with Gasteiger partial charge in [0, 0.05) is 37.6 Å². The zero-order chi connectivity index (χ0) is 28.2. The van der Waals surface area contributed by atoms with Crippen molar-refractivity contribution in [2.45, 2.75) is 49.0 Å². The summed E-state index contributed by atoms with van der Waals surface area (Å²) < 4.78 is 57.9. The van der Waals surface area contributed by atoms with Crippen molar-refractivity contribution in [3.8, 4) is 0 Å². The molecular formula is C21H32F2N6NaO7PS2. The van der Waals surface area contributed by atoms with Crippen LogP contribution in [0.5, 0.6) is 0 Å². The van der Waals surface area contributed by atoms with Gasteiger partial charge in [0.1, 0.15) is 18.3 Å². The predicted molar refractivity (Wildman–Crippen MR) is 140 cm³/mol. The number of anilines is 1. The number of alkyl halides is 2. The first-order valence-corrected chi connectivity index (χ1v) is 16.2. The maximum absolute atomic E-state index is 13.3. The van der Waals surface area contributed by atoms with Crippen LogP contribution in [0.2, 0.25) is 0 Å². The Balaban J connectivity index is 0.00000441. The van der Waals surface area contributed by atoms with Crippen LogP contribution in [-0.2, 0) is 18.6 Å². The van der Waals surface area contributed by atoms with Gasteiger partial charge >= 0.3 is 29.6 Å². The van der Waals surface area contributed by atoms with Crippen LogP contribution in [0.1, 0.15) is 19.6 Å². The molecule has 40 heavy (non-hydrogen) atoms. The van der Waals surface area contributed by atoms with Crippen LogP contribution in [0, 0.1) is 0 Å². The van der Waals surface area contributed by atoms with Crippen LogP contribution in [-0.4, -0.2) is 116 Å². The standard InChI is InChI=1S/C21H33F2N6O7PS2.Na/c1-21(22,23)3-9-39-20-26-17(24-4-10-38-2)14-18(27-20)29(12-25-14)19-16(31)15(30)13(36-19)11-35-37(32,33)28-5-7-34-8-6-28;/h12-13,15-16,19,30-31H,3-11H2,1-2H3,(H,32,33)(H,24,26,27);/q;+1/p-1/t13-,15-,16-,19-;/m1./s1. The number of hydrogen-bond donors (Lipinski definition) is 3. The minimum Gasteiger partial charge on any atom is -0.766 e. The summed E-state index contributed by atoms with van der Waals surface area (Å²) in [7, 11) is -4.41. The summed E-state index contributed by atoms with van der Waals surface area (Å²) >= 11 is 2.68. The van der Waals surface area contributed by atoms with E-state index in [0.29, 0.717) is 17.9 Å². The third kappa shape index (κ3) is 8.71. The molecule has 0 aliphatic carbocycles. The Morgan fingerprint density at radius 3 is 2.67 bits per heavy atom. The first kappa shape index (κ1) is 34.4. The number of aliphatic hydroxyl groups is 2. The molecule has 4 heterocycles. The van der Waals surface area contributed by atoms with Crippen LogP contribution in [0.3, 0.4) is 0 Å². The minimum absolute atomic E-state index is 0. The number of nitrogens with zero attached hydrogens (tertiary/aromatic N) is 5. The van der Waals surface area contributed by atoms with Crippen LogP contribution < -0.4 is 39.8 Å². The van der Waals surface area contributed by atoms with E-state index in [4.69, 9.17) is 14.0 Å². The Labute approximate surface area is 261 Å². The Morgan fingerprint density at radius 2 is 2.00 bits per heavy atom. The molecule has 0 bridgehead atoms. The molecule has 2 saturated heterocycles. The molecule has 1 unspecified atom stereocenters. The van der Waals surface area contributed by atoms with Crippen LogP contribution in [0.4, 0.5) is 14.6 Å². The molecular weight excluding hydrogens is 604 g/mol. The average molecular weight is 637 g/mol. The van der Waals surface area contributed by atoms with Crippen molar-refractivity contribution in [3.05, 3.63) is 6.33 Å². The van der Waals surface area contributed by atoms with Crippen molar-refractivity contribution < 1.29 is 72.0 Å². The molecule has 0 spiro atoms. The first-order valence-electron chi connectivity index (χ1n) is 12.3. The second-order valence-electron chi connectivity index (χ2n) is 9.14. The van der Waals surface area contributed by atoms with Gasteiger partial charge in [-0.3, -0.25) is 9.13 Å². The zero-order valence-corrected chi connectivity index (χ0v) is 27.0. The zero-order valence-electron chi connectivity index (χ0n) is 22.4. The minimum atomic E-state index is -4.41. The molecule has 2 fully saturated rings. The maximum atomic E-state index is 13.3. The van der Waals surface area contributed by atoms with E-state index in [1.807, 2.05) is 6.26 Å². The van der Waals surface area contributed by atoms with Gasteiger partial charge in [-0.2, -0.15) is 11.8 Å². The molecule has 0 radical (unpaired) electrons. The number of fused-ring (bicyclic) bond motifs is 1. The maximum Gasteiger partial charge on any atom is 1.00 e. The van der Waals surface area contributed by atoms with Crippen LogP contribution in [0.25, 0.3) is 11.2 Å². The SMILES string of the molecule is CSCCNc1nc(SCCC(C)(F)F)nc2c1ncn2[C@@H]1O[C@H](COP(=O)([O-])N2CCOCC2)[C@@H](O)[C@H]1O.[Na+]. The van der Waals surface area contributed by atoms with E-state index in [1.165, 1.54) is 10.9 Å². The number of halogens is 2. The summed E-state index contributed by atoms with van der Waals surface area (Å²) in [6.07, 6.45) is -2.28. The second kappa shape index (κ2) is 15.0. The summed E-state index contributed by atoms with van der Waals surface area (Å²) in [6, 6.07) is 0. The normalized spacial score (nSPS) is 25.6. The van der Waals surface area contributed by atoms with Crippen molar-refractivity contribution in [2.75, 3.05) is 62.5 Å². The number of aliphatic hydroxyl groups excluding tert-OH is 2. The van der Waals surface area contributed by atoms with Gasteiger partial charge in [-0.25, -0.2) is 28.4 Å². The summed E-state index contributed by atoms with van der Waals surface area (Å²) in [5.41, 5.74) is 0.616. The van der Waals surface area contributed by atoms with E-state index in [1.54, 1.807) is 11.8 Å². The van der Waals surface area contributed by atoms with E-state index in [2.05, 4.69) is 20.3 Å². The van der Waals surface area contributed by atoms with E-state index in [-0.39, 0.29) is 78.8 Å². The molecule has 0 saturated carbocycles. The van der Waals surface area contributed by atoms with Crippen molar-refractivity contribution in [3.63, 3.8) is 0 Å². The van der Waals surface area contributed by atoms with Gasteiger partial charge in [0.05, 0.1) is 26.1 Å². The number of thioether (sulfide) groups is 2. The smallest absolute Gasteiger partial charge is 0.766 e. The van der Waals surface area contributed by atoms with Crippen molar-refractivity contribution in [1.29, 1.82) is 0 Å². The number of rotatable bonds is 13. The predicted octanol–water partition coefficient (Wildman–Crippen LogP) is -1.82. The molecule has 0 aromatic carbocycles. The Morgan fingerprint density at radius 1 is 1.27 bits per heavy atom. The molecule has 0 amide bonds. The third-order valence-corrected chi connectivity index (χ3v) is 9.15. The summed E-state index contributed by atoms with van der Waals surface area (Å²) in [6.45, 7) is 1.72. The molecule has 2 aliphatic rings. The van der Waals surface area contributed by atoms with Crippen molar-refractivity contribution >= 4 is 48.3 Å². The Hall–Kier alpha value is -0.140. The van der Waals surface area contributed by atoms with Gasteiger partial charge in [0.25, 0.3) is 0 Å². The summed E-state index contributed by atoms with van der Waals surface area (Å²) in [4.78, 5) is 25.8. The number of imidazole rings is 1. The fraction of sp³-hybridized carbons (Fsp3) is 0.762. The van der Waals surface area contributed by atoms with E-state index in [0.717, 1.165) is 29.1 Å². The van der Waals surface area contributed by atoms with Crippen LogP contribution in [0.15, 0.2) is 11.5 Å². The molecule has 3 N–H and O–H groups in total. The first-order chi connectivity index (χ1) is 18.5. The fourth-order valence-corrected chi connectivity index (χ4v) is 6.42. The number of hydrogen-bond acceptors (Lipinski definition) is 13. The summed E-state index contributed by atoms with van der Waals surface area (Å²) in [5, 5.41) is 24.8. The van der Waals surface area contributed by atoms with Gasteiger partial charge in [0.15, 0.2) is 28.4 Å². The number of aromatic nitrogens is 4. The summed E-state index contributed by atoms with van der Waals surface area (Å²) in [5.74, 6) is -1.58. The number of ether oxygens (including phenoxy) is 2. The van der Waals surface area contributed by atoms with Crippen LogP contribution >= 0.6 is 31.3 Å². The molecule has 2 aromatic heterocycles. The van der Waals surface area contributed by atoms with Gasteiger partial charge in [0.2, 0.25) is 13.7 Å². The van der Waals surface area contributed by atoms with Gasteiger partial charge in [-0.1, -0.05) is 11.8 Å². The number of nitrogens with one attached hydrogen (secondary N) is 1. The van der Waals surface area contributed by atoms with E-state index in [9.17, 15) is 28.5 Å². The van der Waals surface area contributed by atoms with Gasteiger partial charge in [-0.05, 0) is 13.2 Å². The number of morpholine rings is 1. The Bertz CT molecular complexity index is 1160. The van der Waals surface area contributed by atoms with Crippen molar-refractivity contribution in [2.24, 2.45) is 0 Å². The third-order valence-electron chi connectivity index (χ3n) is 6.12. The second-order valence-corrected chi connectivity index (χ2v) is 13.0. The molecule has 2 aromatic rings. The van der Waals surface area contributed by atoms with Crippen molar-refractivity contribution in [1.82, 2.24) is 24.2 Å². The molecule has 19 heteroatoms. The molecule has 220 valence electrons. The Kier molecular flexibility index (Phi) is 12.9. The quantitative estimate of drug-likeness (QED) is 0.0739. The fourth-order valence-electron chi connectivity index (χ4n) is 4.01. The molecule has 2 aliphatic heterocycles. The average Bonchev–Trinajstić information content (AvgIpc) is 3.43. The van der Waals surface area contributed by atoms with E-state index < -0.39 is 44.8 Å². The monoisotopic (exact) mass is 636 g/mol. The molecule has 13 nitrogen and oxygen atoms in total. The topological polar surface area (TPSA) is 167 Å².